The summed E-state index contributed by atoms with van der Waals surface area (Å²) in [5, 5.41) is 13.8. The summed E-state index contributed by atoms with van der Waals surface area (Å²) in [6, 6.07) is 8.73. The molecule has 0 radical (unpaired) electrons. The predicted octanol–water partition coefficient (Wildman–Crippen LogP) is 2.88. The van der Waals surface area contributed by atoms with Crippen LogP contribution >= 0.6 is 0 Å². The minimum absolute atomic E-state index is 0.0758. The molecule has 1 heterocycles. The largest absolute Gasteiger partial charge is 0.394 e. The van der Waals surface area contributed by atoms with Crippen LogP contribution in [0.5, 0.6) is 0 Å². The highest BCUT2D eigenvalue weighted by molar-refractivity contribution is 5.41. The number of hydrogen-bond acceptors (Lipinski definition) is 3. The Hall–Kier alpha value is -1.65. The molecule has 0 fully saturated rings. The van der Waals surface area contributed by atoms with Gasteiger partial charge in [-0.1, -0.05) is 39.0 Å². The number of benzene rings is 1. The van der Waals surface area contributed by atoms with E-state index in [0.29, 0.717) is 13.1 Å². The summed E-state index contributed by atoms with van der Waals surface area (Å²) in [6.45, 7) is 11.9. The molecule has 2 rings (SSSR count). The molecule has 0 aliphatic heterocycles. The second-order valence-corrected chi connectivity index (χ2v) is 7.27. The minimum atomic E-state index is 0.0758. The highest BCUT2D eigenvalue weighted by atomic mass is 16.3. The molecule has 0 amide bonds. The van der Waals surface area contributed by atoms with Gasteiger partial charge in [-0.3, -0.25) is 4.68 Å². The van der Waals surface area contributed by atoms with E-state index in [4.69, 9.17) is 5.73 Å². The summed E-state index contributed by atoms with van der Waals surface area (Å²) in [7, 11) is 0. The van der Waals surface area contributed by atoms with Gasteiger partial charge in [0, 0.05) is 18.2 Å². The molecule has 23 heavy (non-hydrogen) atoms. The number of rotatable bonds is 5. The molecule has 3 N–H and O–H groups in total. The third-order valence-electron chi connectivity index (χ3n) is 4.36. The number of aliphatic hydroxyl groups excluding tert-OH is 1. The quantitative estimate of drug-likeness (QED) is 0.892. The highest BCUT2D eigenvalue weighted by Gasteiger charge is 2.22. The summed E-state index contributed by atoms with van der Waals surface area (Å²) in [5.74, 6) is 0.0880. The van der Waals surface area contributed by atoms with Crippen molar-refractivity contribution in [1.29, 1.82) is 0 Å². The number of nitrogens with two attached hydrogens (primary N) is 1. The molecule has 0 saturated carbocycles. The first-order valence-corrected chi connectivity index (χ1v) is 8.24. The highest BCUT2D eigenvalue weighted by Crippen LogP contribution is 2.31. The second kappa shape index (κ2) is 6.85. The Bertz CT molecular complexity index is 668. The minimum Gasteiger partial charge on any atom is -0.394 e. The van der Waals surface area contributed by atoms with E-state index in [0.717, 1.165) is 11.4 Å². The molecule has 0 bridgehead atoms. The van der Waals surface area contributed by atoms with Crippen molar-refractivity contribution in [3.8, 4) is 0 Å². The maximum atomic E-state index is 9.29. The third-order valence-corrected chi connectivity index (χ3v) is 4.36. The molecule has 1 aromatic carbocycles. The average Bonchev–Trinajstić information content (AvgIpc) is 2.81. The summed E-state index contributed by atoms with van der Waals surface area (Å²) in [6.07, 6.45) is 0. The van der Waals surface area contributed by atoms with E-state index in [1.807, 2.05) is 11.6 Å². The molecule has 2 aromatic rings. The molecule has 4 nitrogen and oxygen atoms in total. The van der Waals surface area contributed by atoms with E-state index in [2.05, 4.69) is 57.1 Å². The summed E-state index contributed by atoms with van der Waals surface area (Å²) >= 11 is 0. The fourth-order valence-corrected chi connectivity index (χ4v) is 3.01. The van der Waals surface area contributed by atoms with Crippen LogP contribution in [0.15, 0.2) is 24.3 Å². The molecule has 4 heteroatoms. The van der Waals surface area contributed by atoms with Crippen molar-refractivity contribution in [1.82, 2.24) is 9.78 Å². The first-order chi connectivity index (χ1) is 10.8. The molecule has 1 unspecified atom stereocenters. The third kappa shape index (κ3) is 3.82. The molecule has 0 aliphatic rings. The van der Waals surface area contributed by atoms with Crippen LogP contribution in [0.1, 0.15) is 54.8 Å². The summed E-state index contributed by atoms with van der Waals surface area (Å²) < 4.78 is 1.88. The number of aliphatic hydroxyl groups is 1. The number of nitrogens with zero attached hydrogens (tertiary/aromatic N) is 2. The predicted molar refractivity (Wildman–Crippen MR) is 94.8 cm³/mol. The van der Waals surface area contributed by atoms with Crippen LogP contribution in [0.4, 0.5) is 0 Å². The molecule has 0 saturated heterocycles. The molecule has 1 atom stereocenters. The fraction of sp³-hybridized carbons (Fsp3) is 0.526. The Labute approximate surface area is 139 Å². The van der Waals surface area contributed by atoms with E-state index in [-0.39, 0.29) is 17.9 Å². The molecule has 1 aromatic heterocycles. The fourth-order valence-electron chi connectivity index (χ4n) is 3.01. The number of aromatic nitrogens is 2. The Morgan fingerprint density at radius 1 is 1.22 bits per heavy atom. The van der Waals surface area contributed by atoms with Crippen molar-refractivity contribution < 1.29 is 5.11 Å². The van der Waals surface area contributed by atoms with Gasteiger partial charge in [-0.15, -0.1) is 0 Å². The molecule has 0 spiro atoms. The normalized spacial score (nSPS) is 13.3. The monoisotopic (exact) mass is 315 g/mol. The first kappa shape index (κ1) is 17.7. The van der Waals surface area contributed by atoms with Crippen molar-refractivity contribution >= 4 is 0 Å². The van der Waals surface area contributed by atoms with Crippen LogP contribution in [0.3, 0.4) is 0 Å². The smallest absolute Gasteiger partial charge is 0.0644 e. The SMILES string of the molecule is Cc1cc(C(CN)c2cc(C(C)(C)C)ccc2C)n(CCO)n1. The van der Waals surface area contributed by atoms with Crippen LogP contribution in [0.25, 0.3) is 0 Å². The Balaban J connectivity index is 2.53. The van der Waals surface area contributed by atoms with Gasteiger partial charge in [0.15, 0.2) is 0 Å². The van der Waals surface area contributed by atoms with Crippen molar-refractivity contribution in [3.63, 3.8) is 0 Å². The van der Waals surface area contributed by atoms with E-state index >= 15 is 0 Å². The summed E-state index contributed by atoms with van der Waals surface area (Å²) in [4.78, 5) is 0. The van der Waals surface area contributed by atoms with Crippen LogP contribution in [-0.4, -0.2) is 28.0 Å². The van der Waals surface area contributed by atoms with Crippen LogP contribution in [-0.2, 0) is 12.0 Å². The van der Waals surface area contributed by atoms with Gasteiger partial charge >= 0.3 is 0 Å². The van der Waals surface area contributed by atoms with Crippen molar-refractivity contribution in [3.05, 3.63) is 52.3 Å². The van der Waals surface area contributed by atoms with Gasteiger partial charge < -0.3 is 10.8 Å². The summed E-state index contributed by atoms with van der Waals surface area (Å²) in [5.41, 5.74) is 12.1. The average molecular weight is 315 g/mol. The maximum Gasteiger partial charge on any atom is 0.0644 e. The second-order valence-electron chi connectivity index (χ2n) is 7.27. The molecular formula is C19H29N3O. The van der Waals surface area contributed by atoms with Gasteiger partial charge in [0.1, 0.15) is 0 Å². The zero-order valence-corrected chi connectivity index (χ0v) is 14.9. The molecule has 126 valence electrons. The Morgan fingerprint density at radius 2 is 1.91 bits per heavy atom. The molecular weight excluding hydrogens is 286 g/mol. The lowest BCUT2D eigenvalue weighted by atomic mass is 9.82. The standard InChI is InChI=1S/C19H29N3O/c1-13-6-7-15(19(3,4)5)11-16(13)17(12-20)18-10-14(2)21-22(18)8-9-23/h6-7,10-11,17,23H,8-9,12,20H2,1-5H3. The van der Waals surface area contributed by atoms with E-state index < -0.39 is 0 Å². The van der Waals surface area contributed by atoms with Crippen molar-refractivity contribution in [2.24, 2.45) is 5.73 Å². The first-order valence-electron chi connectivity index (χ1n) is 8.24. The zero-order chi connectivity index (χ0) is 17.2. The van der Waals surface area contributed by atoms with Crippen molar-refractivity contribution in [2.45, 2.75) is 52.5 Å². The number of aryl methyl sites for hydroxylation is 2. The van der Waals surface area contributed by atoms with Gasteiger partial charge in [0.05, 0.1) is 18.8 Å². The topological polar surface area (TPSA) is 64.1 Å². The van der Waals surface area contributed by atoms with E-state index in [1.165, 1.54) is 16.7 Å². The lowest BCUT2D eigenvalue weighted by Crippen LogP contribution is -2.21. The zero-order valence-electron chi connectivity index (χ0n) is 14.9. The lowest BCUT2D eigenvalue weighted by molar-refractivity contribution is 0.266. The van der Waals surface area contributed by atoms with E-state index in [1.54, 1.807) is 0 Å². The van der Waals surface area contributed by atoms with Gasteiger partial charge in [-0.25, -0.2) is 0 Å². The Kier molecular flexibility index (Phi) is 5.27. The van der Waals surface area contributed by atoms with Gasteiger partial charge in [-0.05, 0) is 42.0 Å². The van der Waals surface area contributed by atoms with Crippen LogP contribution in [0.2, 0.25) is 0 Å². The van der Waals surface area contributed by atoms with E-state index in [9.17, 15) is 5.11 Å². The molecule has 0 aliphatic carbocycles. The van der Waals surface area contributed by atoms with Crippen LogP contribution < -0.4 is 5.73 Å². The van der Waals surface area contributed by atoms with Crippen LogP contribution in [0, 0.1) is 13.8 Å². The van der Waals surface area contributed by atoms with Gasteiger partial charge in [0.2, 0.25) is 0 Å². The van der Waals surface area contributed by atoms with Gasteiger partial charge in [-0.2, -0.15) is 5.10 Å². The van der Waals surface area contributed by atoms with Gasteiger partial charge in [0.25, 0.3) is 0 Å². The lowest BCUT2D eigenvalue weighted by Gasteiger charge is -2.24. The van der Waals surface area contributed by atoms with Crippen molar-refractivity contribution in [2.75, 3.05) is 13.2 Å². The Morgan fingerprint density at radius 3 is 2.48 bits per heavy atom. The number of hydrogen-bond donors (Lipinski definition) is 2. The maximum absolute atomic E-state index is 9.29.